The number of carbonyl (C=O) groups excluding carboxylic acids is 4. The Kier molecular flexibility index (Phi) is 20.7. The number of benzene rings is 11. The van der Waals surface area contributed by atoms with Gasteiger partial charge in [0.25, 0.3) is 23.6 Å². The third-order valence-corrected chi connectivity index (χ3v) is 19.3. The van der Waals surface area contributed by atoms with Crippen LogP contribution < -0.4 is 28.7 Å². The second-order valence-corrected chi connectivity index (χ2v) is 27.6. The Bertz CT molecular complexity index is 4700. The van der Waals surface area contributed by atoms with Crippen LogP contribution in [0.1, 0.15) is 189 Å². The van der Waals surface area contributed by atoms with Crippen LogP contribution in [0.5, 0.6) is 46.0 Å². The number of aliphatic hydroxyl groups is 6. The van der Waals surface area contributed by atoms with Crippen molar-refractivity contribution in [3.05, 3.63) is 223 Å². The maximum Gasteiger partial charge on any atom is 0.266 e. The number of imide groups is 2. The summed E-state index contributed by atoms with van der Waals surface area (Å²) in [5.41, 5.74) is 8.37. The van der Waals surface area contributed by atoms with Gasteiger partial charge in [-0.25, -0.2) is 9.80 Å². The average Bonchev–Trinajstić information content (AvgIpc) is 0.670. The predicted molar refractivity (Wildman–Crippen MR) is 406 cm³/mol. The lowest BCUT2D eigenvalue weighted by Crippen LogP contribution is -2.42. The SMILES string of the molecule is CC(C)c1cc(C#CCCO)cc(C(C)C)c1N1C(=O)c2cc(Oc3ccc(CCO)cc3)c3c4c(Oc5ccc(CCO)cc5)cc5c6c(cc(Oc7ccc(CCO)cc7)c(c7c(Oc8ccc(CCO)cc8)cc(c2c37)C1=O)c64)C(=O)N(c1c(C(C)C)cc(C#CCCO)cc1C(C)C)C5=O. The Morgan fingerprint density at radius 3 is 0.740 bits per heavy atom. The first-order valence-corrected chi connectivity index (χ1v) is 35.5. The van der Waals surface area contributed by atoms with Crippen LogP contribution in [0.4, 0.5) is 11.4 Å². The van der Waals surface area contributed by atoms with Gasteiger partial charge in [-0.1, -0.05) is 128 Å². The van der Waals surface area contributed by atoms with Crippen LogP contribution in [-0.2, 0) is 25.7 Å². The van der Waals surface area contributed by atoms with E-state index in [1.165, 1.54) is 9.80 Å². The van der Waals surface area contributed by atoms with E-state index in [-0.39, 0.29) is 132 Å². The molecule has 11 aromatic rings. The zero-order valence-corrected chi connectivity index (χ0v) is 59.5. The summed E-state index contributed by atoms with van der Waals surface area (Å²) in [6, 6.07) is 42.9. The molecule has 2 aliphatic rings. The Hall–Kier alpha value is -10.9. The Labute approximate surface area is 604 Å². The lowest BCUT2D eigenvalue weighted by atomic mass is 9.80. The molecule has 2 aliphatic heterocycles. The molecule has 528 valence electrons. The third-order valence-electron chi connectivity index (χ3n) is 19.3. The van der Waals surface area contributed by atoms with Gasteiger partial charge in [0.05, 0.1) is 46.8 Å². The normalized spacial score (nSPS) is 12.8. The summed E-state index contributed by atoms with van der Waals surface area (Å²) in [7, 11) is 0. The molecule has 13 rings (SSSR count). The fraction of sp³-hybridized carbons (Fsp3) is 0.273. The number of aliphatic hydroxyl groups excluding tert-OH is 6. The van der Waals surface area contributed by atoms with Crippen molar-refractivity contribution in [3.63, 3.8) is 0 Å². The highest BCUT2D eigenvalue weighted by atomic mass is 16.5. The molecule has 0 saturated heterocycles. The minimum atomic E-state index is -0.669. The molecule has 16 heteroatoms. The zero-order chi connectivity index (χ0) is 73.4. The van der Waals surface area contributed by atoms with Crippen molar-refractivity contribution in [1.82, 2.24) is 0 Å². The van der Waals surface area contributed by atoms with Crippen molar-refractivity contribution in [2.45, 2.75) is 118 Å². The van der Waals surface area contributed by atoms with Crippen LogP contribution in [0.25, 0.3) is 43.1 Å². The van der Waals surface area contributed by atoms with Gasteiger partial charge in [0.15, 0.2) is 0 Å². The number of carbonyl (C=O) groups is 4. The van der Waals surface area contributed by atoms with Gasteiger partial charge in [-0.05, 0) is 191 Å². The fourth-order valence-electron chi connectivity index (χ4n) is 14.4. The first-order valence-electron chi connectivity index (χ1n) is 35.5. The van der Waals surface area contributed by atoms with Gasteiger partial charge < -0.3 is 49.6 Å². The fourth-order valence-corrected chi connectivity index (χ4v) is 14.4. The minimum absolute atomic E-state index is 0.0777. The van der Waals surface area contributed by atoms with Crippen molar-refractivity contribution < 1.29 is 68.8 Å². The molecule has 0 aromatic heterocycles. The molecule has 0 unspecified atom stereocenters. The molecule has 11 aromatic carbocycles. The van der Waals surface area contributed by atoms with E-state index in [4.69, 9.17) is 18.9 Å². The summed E-state index contributed by atoms with van der Waals surface area (Å²) in [5, 5.41) is 62.0. The van der Waals surface area contributed by atoms with E-state index in [0.29, 0.717) is 126 Å². The van der Waals surface area contributed by atoms with E-state index in [2.05, 4.69) is 23.7 Å². The second-order valence-electron chi connectivity index (χ2n) is 27.6. The average molecular weight is 1390 g/mol. The first kappa shape index (κ1) is 71.5. The number of hydrogen-bond donors (Lipinski definition) is 6. The van der Waals surface area contributed by atoms with Crippen molar-refractivity contribution in [2.75, 3.05) is 49.4 Å². The van der Waals surface area contributed by atoms with Gasteiger partial charge in [0.2, 0.25) is 0 Å². The number of rotatable bonds is 24. The van der Waals surface area contributed by atoms with E-state index in [1.807, 2.05) is 128 Å². The molecule has 6 N–H and O–H groups in total. The van der Waals surface area contributed by atoms with Crippen LogP contribution >= 0.6 is 0 Å². The van der Waals surface area contributed by atoms with Gasteiger partial charge in [-0.3, -0.25) is 19.2 Å². The molecule has 0 fully saturated rings. The van der Waals surface area contributed by atoms with Crippen LogP contribution in [0, 0.1) is 23.7 Å². The van der Waals surface area contributed by atoms with Crippen molar-refractivity contribution in [1.29, 1.82) is 0 Å². The zero-order valence-electron chi connectivity index (χ0n) is 59.5. The molecule has 4 amide bonds. The van der Waals surface area contributed by atoms with E-state index in [0.717, 1.165) is 22.3 Å². The summed E-state index contributed by atoms with van der Waals surface area (Å²) in [6.45, 7) is 15.2. The summed E-state index contributed by atoms with van der Waals surface area (Å²) in [4.78, 5) is 69.2. The molecule has 0 spiro atoms. The molecular weight excluding hydrogens is 1310 g/mol. The molecular formula is C88H82N2O14. The standard InChI is InChI=1S/C88H82N2O14/c1-49(2)63-41-57(13-9-11-35-91)42-64(50(3)4)83(63)89-85(97)67-45-71(101-59-23-15-53(16-24-59)31-37-93)77-79-73(103-61-27-19-55(20-28-61)33-39-95)47-69-76-70(88(100)90(87(69)99)84-65(51(5)6)43-58(14-10-12-36-92)44-66(84)52(7)8)48-74(104-62-29-21-56(22-30-62)34-40-96)80(82(76)79)78-72(46-68(86(89)98)75(67)81(77)78)102-60-25-17-54(18-26-60)32-38-94/h15-30,41-52,91-96H,11-12,31-40H2,1-8H3. The van der Waals surface area contributed by atoms with Crippen molar-refractivity contribution >= 4 is 78.1 Å². The van der Waals surface area contributed by atoms with Gasteiger partial charge in [0, 0.05) is 93.5 Å². The number of anilines is 2. The van der Waals surface area contributed by atoms with Gasteiger partial charge >= 0.3 is 0 Å². The highest BCUT2D eigenvalue weighted by molar-refractivity contribution is 6.48. The number of nitrogens with zero attached hydrogens (tertiary/aromatic N) is 2. The second kappa shape index (κ2) is 30.2. The largest absolute Gasteiger partial charge is 0.457 e. The molecule has 0 radical (unpaired) electrons. The number of amides is 4. The van der Waals surface area contributed by atoms with E-state index in [9.17, 15) is 30.6 Å². The summed E-state index contributed by atoms with van der Waals surface area (Å²) in [5.74, 6) is 10.5. The molecule has 0 atom stereocenters. The Morgan fingerprint density at radius 2 is 0.538 bits per heavy atom. The van der Waals surface area contributed by atoms with E-state index >= 15 is 19.2 Å². The Balaban J connectivity index is 1.23. The van der Waals surface area contributed by atoms with Gasteiger partial charge in [-0.2, -0.15) is 0 Å². The number of hydrogen-bond acceptors (Lipinski definition) is 14. The van der Waals surface area contributed by atoms with Crippen molar-refractivity contribution in [2.24, 2.45) is 0 Å². The summed E-state index contributed by atoms with van der Waals surface area (Å²) in [6.07, 6.45) is 1.91. The maximum atomic E-state index is 16.7. The van der Waals surface area contributed by atoms with Gasteiger partial charge in [-0.15, -0.1) is 0 Å². The Morgan fingerprint density at radius 1 is 0.308 bits per heavy atom. The molecule has 16 nitrogen and oxygen atoms in total. The van der Waals surface area contributed by atoms with Gasteiger partial charge in [0.1, 0.15) is 46.0 Å². The van der Waals surface area contributed by atoms with E-state index < -0.39 is 23.6 Å². The topological polar surface area (TPSA) is 233 Å². The summed E-state index contributed by atoms with van der Waals surface area (Å²) >= 11 is 0. The third kappa shape index (κ3) is 13.4. The van der Waals surface area contributed by atoms with Crippen LogP contribution in [0.15, 0.2) is 146 Å². The van der Waals surface area contributed by atoms with Crippen LogP contribution in [-0.4, -0.2) is 93.9 Å². The lowest BCUT2D eigenvalue weighted by molar-refractivity contribution is 0.0877. The minimum Gasteiger partial charge on any atom is -0.457 e. The van der Waals surface area contributed by atoms with Crippen LogP contribution in [0.2, 0.25) is 0 Å². The number of fused-ring (bicyclic) bond motifs is 2. The smallest absolute Gasteiger partial charge is 0.266 e. The summed E-state index contributed by atoms with van der Waals surface area (Å²) < 4.78 is 29.2. The van der Waals surface area contributed by atoms with Crippen LogP contribution in [0.3, 0.4) is 0 Å². The highest BCUT2D eigenvalue weighted by Crippen LogP contribution is 2.59. The monoisotopic (exact) mass is 1390 g/mol. The molecule has 0 bridgehead atoms. The number of ether oxygens (including phenoxy) is 4. The molecule has 2 heterocycles. The highest BCUT2D eigenvalue weighted by Gasteiger charge is 2.44. The molecule has 0 aliphatic carbocycles. The van der Waals surface area contributed by atoms with E-state index in [1.54, 1.807) is 72.8 Å². The molecule has 0 saturated carbocycles. The maximum absolute atomic E-state index is 16.7. The lowest BCUT2D eigenvalue weighted by Gasteiger charge is -2.35. The quantitative estimate of drug-likeness (QED) is 0.0143. The van der Waals surface area contributed by atoms with Crippen molar-refractivity contribution in [3.8, 4) is 69.7 Å². The molecule has 104 heavy (non-hydrogen) atoms. The first-order chi connectivity index (χ1) is 50.3. The predicted octanol–water partition coefficient (Wildman–Crippen LogP) is 16.6.